The molecule has 0 aromatic carbocycles. The first-order valence-electron chi connectivity index (χ1n) is 11.2. The summed E-state index contributed by atoms with van der Waals surface area (Å²) in [5.74, 6) is -0.0550. The van der Waals surface area contributed by atoms with Gasteiger partial charge in [-0.3, -0.25) is 19.8 Å². The molecule has 0 bridgehead atoms. The normalized spacial score (nSPS) is 24.9. The van der Waals surface area contributed by atoms with Crippen LogP contribution in [0.15, 0.2) is 24.4 Å². The Bertz CT molecular complexity index is 1000. The van der Waals surface area contributed by atoms with Gasteiger partial charge in [-0.25, -0.2) is 4.79 Å². The molecule has 2 atom stereocenters. The van der Waals surface area contributed by atoms with Crippen LogP contribution in [0.5, 0.6) is 0 Å². The predicted octanol–water partition coefficient (Wildman–Crippen LogP) is 2.57. The second kappa shape index (κ2) is 7.44. The molecular formula is C23H30N6O2. The van der Waals surface area contributed by atoms with Gasteiger partial charge in [-0.2, -0.15) is 5.10 Å². The highest BCUT2D eigenvalue weighted by Crippen LogP contribution is 2.40. The van der Waals surface area contributed by atoms with E-state index in [0.29, 0.717) is 18.3 Å². The zero-order chi connectivity index (χ0) is 21.8. The number of nitrogens with zero attached hydrogens (tertiary/aromatic N) is 5. The maximum atomic E-state index is 13.7. The molecule has 8 heteroatoms. The van der Waals surface area contributed by atoms with E-state index in [4.69, 9.17) is 0 Å². The molecule has 0 aliphatic carbocycles. The van der Waals surface area contributed by atoms with Gasteiger partial charge in [0.05, 0.1) is 24.2 Å². The maximum absolute atomic E-state index is 13.7. The van der Waals surface area contributed by atoms with E-state index in [1.807, 2.05) is 29.7 Å². The molecule has 1 N–H and O–H groups in total. The van der Waals surface area contributed by atoms with Crippen molar-refractivity contribution >= 4 is 11.8 Å². The lowest BCUT2D eigenvalue weighted by molar-refractivity contribution is 0.0453. The highest BCUT2D eigenvalue weighted by Gasteiger charge is 2.47. The summed E-state index contributed by atoms with van der Waals surface area (Å²) < 4.78 is 0. The Labute approximate surface area is 182 Å². The number of H-pyrrole nitrogens is 1. The van der Waals surface area contributed by atoms with E-state index in [1.54, 1.807) is 18.3 Å². The van der Waals surface area contributed by atoms with Gasteiger partial charge >= 0.3 is 6.03 Å². The van der Waals surface area contributed by atoms with E-state index >= 15 is 0 Å². The average molecular weight is 423 g/mol. The fourth-order valence-corrected chi connectivity index (χ4v) is 5.40. The Kier molecular flexibility index (Phi) is 4.84. The van der Waals surface area contributed by atoms with Crippen LogP contribution in [0.4, 0.5) is 4.79 Å². The molecule has 164 valence electrons. The molecule has 2 amide bonds. The standard InChI is InChI=1S/C23H30N6O2/c1-15-12-27-10-6-7-16(27)13-28(15)22(31)29-14-17-19(25-26-21(17)23(29,2)3)11-20(30)18-8-4-5-9-24-18/h4-5,8-9,15-16H,6-7,10-14H2,1-3H3,(H,25,26)/t15-,16-/m0/s1. The van der Waals surface area contributed by atoms with Crippen molar-refractivity contribution in [1.29, 1.82) is 0 Å². The molecule has 8 nitrogen and oxygen atoms in total. The third-order valence-corrected chi connectivity index (χ3v) is 7.23. The molecule has 2 aromatic heterocycles. The molecule has 0 spiro atoms. The van der Waals surface area contributed by atoms with Crippen molar-refractivity contribution in [3.63, 3.8) is 0 Å². The van der Waals surface area contributed by atoms with E-state index in [-0.39, 0.29) is 24.3 Å². The minimum Gasteiger partial charge on any atom is -0.319 e. The van der Waals surface area contributed by atoms with Crippen molar-refractivity contribution < 1.29 is 9.59 Å². The van der Waals surface area contributed by atoms with Crippen LogP contribution in [0.3, 0.4) is 0 Å². The monoisotopic (exact) mass is 422 g/mol. The van der Waals surface area contributed by atoms with Crippen LogP contribution in [0, 0.1) is 0 Å². The van der Waals surface area contributed by atoms with E-state index in [1.165, 1.54) is 12.8 Å². The molecule has 0 radical (unpaired) electrons. The number of fused-ring (bicyclic) bond motifs is 2. The summed E-state index contributed by atoms with van der Waals surface area (Å²) in [4.78, 5) is 37.0. The fourth-order valence-electron chi connectivity index (χ4n) is 5.40. The lowest BCUT2D eigenvalue weighted by Crippen LogP contribution is -2.60. The topological polar surface area (TPSA) is 85.4 Å². The van der Waals surface area contributed by atoms with Crippen molar-refractivity contribution in [2.45, 2.75) is 64.2 Å². The number of urea groups is 1. The van der Waals surface area contributed by atoms with Gasteiger partial charge in [0.2, 0.25) is 0 Å². The number of aromatic amines is 1. The molecular weight excluding hydrogens is 392 g/mol. The van der Waals surface area contributed by atoms with Crippen LogP contribution in [-0.2, 0) is 18.5 Å². The van der Waals surface area contributed by atoms with Crippen molar-refractivity contribution in [2.24, 2.45) is 0 Å². The Morgan fingerprint density at radius 1 is 1.26 bits per heavy atom. The minimum absolute atomic E-state index is 0.0550. The summed E-state index contributed by atoms with van der Waals surface area (Å²) in [6, 6.07) is 6.08. The van der Waals surface area contributed by atoms with E-state index in [0.717, 1.165) is 36.6 Å². The summed E-state index contributed by atoms with van der Waals surface area (Å²) >= 11 is 0. The lowest BCUT2D eigenvalue weighted by Gasteiger charge is -2.45. The first-order chi connectivity index (χ1) is 14.9. The molecule has 0 saturated carbocycles. The Balaban J connectivity index is 1.35. The highest BCUT2D eigenvalue weighted by molar-refractivity contribution is 5.95. The summed E-state index contributed by atoms with van der Waals surface area (Å²) in [6.45, 7) is 9.58. The van der Waals surface area contributed by atoms with Crippen molar-refractivity contribution in [3.8, 4) is 0 Å². The molecule has 5 heterocycles. The third-order valence-electron chi connectivity index (χ3n) is 7.23. The third kappa shape index (κ3) is 3.33. The average Bonchev–Trinajstić information content (AvgIpc) is 3.44. The summed E-state index contributed by atoms with van der Waals surface area (Å²) in [6.07, 6.45) is 4.22. The number of aromatic nitrogens is 3. The SMILES string of the molecule is C[C@H]1CN2CCC[C@H]2CN1C(=O)N1Cc2c(n[nH]c2CC(=O)c2ccccn2)C1(C)C. The molecule has 3 aliphatic rings. The highest BCUT2D eigenvalue weighted by atomic mass is 16.2. The zero-order valence-corrected chi connectivity index (χ0v) is 18.5. The quantitative estimate of drug-likeness (QED) is 0.769. The number of hydrogen-bond donors (Lipinski definition) is 1. The van der Waals surface area contributed by atoms with Crippen LogP contribution < -0.4 is 0 Å². The minimum atomic E-state index is -0.526. The number of carbonyl (C=O) groups excluding carboxylic acids is 2. The van der Waals surface area contributed by atoms with E-state index < -0.39 is 5.54 Å². The van der Waals surface area contributed by atoms with Crippen molar-refractivity contribution in [3.05, 3.63) is 47.0 Å². The second-order valence-corrected chi connectivity index (χ2v) is 9.56. The second-order valence-electron chi connectivity index (χ2n) is 9.56. The molecule has 2 fully saturated rings. The molecule has 2 aromatic rings. The van der Waals surface area contributed by atoms with Gasteiger partial charge in [0.1, 0.15) is 5.69 Å². The largest absolute Gasteiger partial charge is 0.321 e. The number of hydrogen-bond acceptors (Lipinski definition) is 5. The Hall–Kier alpha value is -2.74. The van der Waals surface area contributed by atoms with Gasteiger partial charge in [0.25, 0.3) is 0 Å². The maximum Gasteiger partial charge on any atom is 0.321 e. The first-order valence-corrected chi connectivity index (χ1v) is 11.2. The molecule has 5 rings (SSSR count). The summed E-state index contributed by atoms with van der Waals surface area (Å²) in [5, 5.41) is 7.58. The number of nitrogens with one attached hydrogen (secondary N) is 1. The zero-order valence-electron chi connectivity index (χ0n) is 18.5. The lowest BCUT2D eigenvalue weighted by atomic mass is 9.99. The van der Waals surface area contributed by atoms with Crippen LogP contribution >= 0.6 is 0 Å². The number of carbonyl (C=O) groups is 2. The number of piperazine rings is 1. The fraction of sp³-hybridized carbons (Fsp3) is 0.565. The van der Waals surface area contributed by atoms with Gasteiger partial charge in [-0.15, -0.1) is 0 Å². The number of Topliss-reactive ketones (excluding diaryl/α,β-unsaturated/α-hetero) is 1. The van der Waals surface area contributed by atoms with Gasteiger partial charge in [-0.05, 0) is 52.3 Å². The molecule has 31 heavy (non-hydrogen) atoms. The molecule has 2 saturated heterocycles. The number of ketones is 1. The predicted molar refractivity (Wildman–Crippen MR) is 116 cm³/mol. The summed E-state index contributed by atoms with van der Waals surface area (Å²) in [7, 11) is 0. The number of amides is 2. The smallest absolute Gasteiger partial charge is 0.319 e. The van der Waals surface area contributed by atoms with Gasteiger partial charge in [-0.1, -0.05) is 6.07 Å². The van der Waals surface area contributed by atoms with Gasteiger partial charge in [0.15, 0.2) is 5.78 Å². The van der Waals surface area contributed by atoms with Crippen LogP contribution in [-0.4, -0.2) is 73.4 Å². The van der Waals surface area contributed by atoms with Gasteiger partial charge in [0, 0.05) is 42.6 Å². The van der Waals surface area contributed by atoms with Crippen molar-refractivity contribution in [2.75, 3.05) is 19.6 Å². The van der Waals surface area contributed by atoms with Crippen LogP contribution in [0.2, 0.25) is 0 Å². The van der Waals surface area contributed by atoms with Crippen molar-refractivity contribution in [1.82, 2.24) is 29.9 Å². The van der Waals surface area contributed by atoms with E-state index in [9.17, 15) is 9.59 Å². The number of rotatable bonds is 3. The number of pyridine rings is 1. The molecule has 0 unspecified atom stereocenters. The Morgan fingerprint density at radius 3 is 2.87 bits per heavy atom. The summed E-state index contributed by atoms with van der Waals surface area (Å²) in [5.41, 5.74) is 2.52. The van der Waals surface area contributed by atoms with Crippen LogP contribution in [0.1, 0.15) is 61.1 Å². The van der Waals surface area contributed by atoms with Gasteiger partial charge < -0.3 is 9.80 Å². The first kappa shape index (κ1) is 20.2. The van der Waals surface area contributed by atoms with E-state index in [2.05, 4.69) is 27.0 Å². The molecule has 3 aliphatic heterocycles. The van der Waals surface area contributed by atoms with Crippen LogP contribution in [0.25, 0.3) is 0 Å². The Morgan fingerprint density at radius 2 is 2.10 bits per heavy atom.